The van der Waals surface area contributed by atoms with E-state index in [1.807, 2.05) is 20.8 Å². The molecule has 0 aliphatic carbocycles. The van der Waals surface area contributed by atoms with Crippen molar-refractivity contribution in [2.24, 2.45) is 0 Å². The van der Waals surface area contributed by atoms with Crippen LogP contribution in [0.3, 0.4) is 0 Å². The summed E-state index contributed by atoms with van der Waals surface area (Å²) in [5.74, 6) is -0.239. The summed E-state index contributed by atoms with van der Waals surface area (Å²) < 4.78 is 0. The molecule has 0 unspecified atom stereocenters. The summed E-state index contributed by atoms with van der Waals surface area (Å²) in [5, 5.41) is 0. The zero-order chi connectivity index (χ0) is 10.2. The van der Waals surface area contributed by atoms with Crippen molar-refractivity contribution >= 4 is 11.8 Å². The molecule has 72 valence electrons. The van der Waals surface area contributed by atoms with Crippen molar-refractivity contribution in [2.45, 2.75) is 40.2 Å². The van der Waals surface area contributed by atoms with E-state index in [0.717, 1.165) is 0 Å². The summed E-state index contributed by atoms with van der Waals surface area (Å²) in [4.78, 5) is 24.5. The van der Waals surface area contributed by atoms with E-state index in [4.69, 9.17) is 0 Å². The Morgan fingerprint density at radius 2 is 1.77 bits per heavy atom. The Kier molecular flexibility index (Phi) is 2.55. The minimum absolute atomic E-state index is 0.0426. The van der Waals surface area contributed by atoms with E-state index >= 15 is 0 Å². The molecule has 0 aromatic carbocycles. The maximum absolute atomic E-state index is 11.6. The molecule has 1 rings (SSSR count). The maximum Gasteiger partial charge on any atom is 0.257 e. The van der Waals surface area contributed by atoms with Crippen molar-refractivity contribution in [1.29, 1.82) is 0 Å². The zero-order valence-corrected chi connectivity index (χ0v) is 8.55. The van der Waals surface area contributed by atoms with E-state index in [1.165, 1.54) is 4.90 Å². The lowest BCUT2D eigenvalue weighted by Gasteiger charge is -2.18. The van der Waals surface area contributed by atoms with Gasteiger partial charge in [0.15, 0.2) is 0 Å². The lowest BCUT2D eigenvalue weighted by atomic mass is 10.1. The van der Waals surface area contributed by atoms with Crippen LogP contribution >= 0.6 is 0 Å². The molecule has 0 N–H and O–H groups in total. The van der Waals surface area contributed by atoms with Crippen molar-refractivity contribution in [1.82, 2.24) is 4.90 Å². The predicted molar refractivity (Wildman–Crippen MR) is 50.0 cm³/mol. The van der Waals surface area contributed by atoms with Gasteiger partial charge in [-0.05, 0) is 27.2 Å². The number of hydrogen-bond acceptors (Lipinski definition) is 2. The van der Waals surface area contributed by atoms with E-state index in [9.17, 15) is 9.59 Å². The zero-order valence-electron chi connectivity index (χ0n) is 8.55. The minimum atomic E-state index is -0.128. The van der Waals surface area contributed by atoms with Crippen LogP contribution < -0.4 is 0 Å². The van der Waals surface area contributed by atoms with Crippen LogP contribution in [0.15, 0.2) is 11.1 Å². The summed E-state index contributed by atoms with van der Waals surface area (Å²) in [6, 6.07) is -0.0426. The molecule has 1 heterocycles. The van der Waals surface area contributed by atoms with Crippen LogP contribution in [0.4, 0.5) is 0 Å². The van der Waals surface area contributed by atoms with Crippen molar-refractivity contribution in [3.63, 3.8) is 0 Å². The third kappa shape index (κ3) is 1.39. The molecule has 0 saturated heterocycles. The average molecular weight is 181 g/mol. The third-order valence-corrected chi connectivity index (χ3v) is 2.34. The van der Waals surface area contributed by atoms with Gasteiger partial charge in [0, 0.05) is 17.2 Å². The largest absolute Gasteiger partial charge is 0.272 e. The Morgan fingerprint density at radius 3 is 2.00 bits per heavy atom. The normalized spacial score (nSPS) is 18.1. The van der Waals surface area contributed by atoms with E-state index in [-0.39, 0.29) is 17.9 Å². The van der Waals surface area contributed by atoms with Crippen LogP contribution in [0.2, 0.25) is 0 Å². The molecule has 0 fully saturated rings. The van der Waals surface area contributed by atoms with Crippen LogP contribution in [0, 0.1) is 0 Å². The number of imide groups is 1. The predicted octanol–water partition coefficient (Wildman–Crippen LogP) is 1.49. The maximum atomic E-state index is 11.6. The fourth-order valence-corrected chi connectivity index (χ4v) is 1.59. The summed E-state index contributed by atoms with van der Waals surface area (Å²) in [6.07, 6.45) is 0.639. The van der Waals surface area contributed by atoms with Gasteiger partial charge in [-0.15, -0.1) is 0 Å². The summed E-state index contributed by atoms with van der Waals surface area (Å²) in [6.45, 7) is 7.32. The van der Waals surface area contributed by atoms with Gasteiger partial charge in [0.05, 0.1) is 0 Å². The molecule has 0 spiro atoms. The number of carbonyl (C=O) groups is 2. The van der Waals surface area contributed by atoms with Crippen LogP contribution in [0.1, 0.15) is 34.1 Å². The van der Waals surface area contributed by atoms with Crippen LogP contribution in [0.25, 0.3) is 0 Å². The van der Waals surface area contributed by atoms with E-state index < -0.39 is 0 Å². The van der Waals surface area contributed by atoms with Gasteiger partial charge in [0.1, 0.15) is 0 Å². The molecule has 0 atom stereocenters. The average Bonchev–Trinajstić information content (AvgIpc) is 2.24. The second-order valence-electron chi connectivity index (χ2n) is 3.53. The van der Waals surface area contributed by atoms with Crippen molar-refractivity contribution in [3.8, 4) is 0 Å². The van der Waals surface area contributed by atoms with Crippen LogP contribution in [0.5, 0.6) is 0 Å². The fraction of sp³-hybridized carbons (Fsp3) is 0.600. The Bertz CT molecular complexity index is 289. The lowest BCUT2D eigenvalue weighted by Crippen LogP contribution is -2.37. The monoisotopic (exact) mass is 181 g/mol. The standard InChI is InChI=1S/C10H15NO2/c1-5-8-7(4)9(12)11(6(2)3)10(8)13/h6H,5H2,1-4H3. The number of rotatable bonds is 2. The Labute approximate surface area is 78.4 Å². The number of carbonyl (C=O) groups excluding carboxylic acids is 2. The van der Waals surface area contributed by atoms with Gasteiger partial charge in [0.25, 0.3) is 11.8 Å². The molecule has 0 saturated carbocycles. The van der Waals surface area contributed by atoms with Gasteiger partial charge in [0.2, 0.25) is 0 Å². The highest BCUT2D eigenvalue weighted by molar-refractivity contribution is 6.19. The first-order valence-corrected chi connectivity index (χ1v) is 4.58. The van der Waals surface area contributed by atoms with Gasteiger partial charge < -0.3 is 0 Å². The second-order valence-corrected chi connectivity index (χ2v) is 3.53. The molecule has 3 nitrogen and oxygen atoms in total. The molecule has 0 radical (unpaired) electrons. The molecule has 1 aliphatic heterocycles. The number of hydrogen-bond donors (Lipinski definition) is 0. The minimum Gasteiger partial charge on any atom is -0.272 e. The molecule has 3 heteroatoms. The van der Waals surface area contributed by atoms with Crippen molar-refractivity contribution in [3.05, 3.63) is 11.1 Å². The van der Waals surface area contributed by atoms with E-state index in [2.05, 4.69) is 0 Å². The first-order chi connectivity index (χ1) is 6.00. The molecule has 13 heavy (non-hydrogen) atoms. The summed E-state index contributed by atoms with van der Waals surface area (Å²) in [5.41, 5.74) is 1.28. The van der Waals surface area contributed by atoms with Gasteiger partial charge in [-0.1, -0.05) is 6.92 Å². The van der Waals surface area contributed by atoms with Gasteiger partial charge in [-0.3, -0.25) is 14.5 Å². The fourth-order valence-electron chi connectivity index (χ4n) is 1.59. The topological polar surface area (TPSA) is 37.4 Å². The molecule has 1 aliphatic rings. The van der Waals surface area contributed by atoms with Crippen molar-refractivity contribution in [2.75, 3.05) is 0 Å². The third-order valence-electron chi connectivity index (χ3n) is 2.34. The summed E-state index contributed by atoms with van der Waals surface area (Å²) in [7, 11) is 0. The smallest absolute Gasteiger partial charge is 0.257 e. The molecular weight excluding hydrogens is 166 g/mol. The highest BCUT2D eigenvalue weighted by Crippen LogP contribution is 2.24. The van der Waals surface area contributed by atoms with E-state index in [0.29, 0.717) is 17.6 Å². The first kappa shape index (κ1) is 9.96. The van der Waals surface area contributed by atoms with Gasteiger partial charge in [-0.25, -0.2) is 0 Å². The lowest BCUT2D eigenvalue weighted by molar-refractivity contribution is -0.139. The van der Waals surface area contributed by atoms with E-state index in [1.54, 1.807) is 6.92 Å². The summed E-state index contributed by atoms with van der Waals surface area (Å²) >= 11 is 0. The molecule has 0 aromatic heterocycles. The quantitative estimate of drug-likeness (QED) is 0.605. The van der Waals surface area contributed by atoms with Crippen LogP contribution in [-0.4, -0.2) is 22.8 Å². The number of nitrogens with zero attached hydrogens (tertiary/aromatic N) is 1. The van der Waals surface area contributed by atoms with Gasteiger partial charge >= 0.3 is 0 Å². The molecule has 0 aromatic rings. The highest BCUT2D eigenvalue weighted by atomic mass is 16.2. The Hall–Kier alpha value is -1.12. The van der Waals surface area contributed by atoms with Crippen LogP contribution in [-0.2, 0) is 9.59 Å². The molecular formula is C10H15NO2. The Morgan fingerprint density at radius 1 is 1.23 bits per heavy atom. The second kappa shape index (κ2) is 3.32. The molecule has 0 bridgehead atoms. The SMILES string of the molecule is CCC1=C(C)C(=O)N(C(C)C)C1=O. The molecule has 2 amide bonds. The Balaban J connectivity index is 3.05. The number of amides is 2. The van der Waals surface area contributed by atoms with Gasteiger partial charge in [-0.2, -0.15) is 0 Å². The highest BCUT2D eigenvalue weighted by Gasteiger charge is 2.35. The van der Waals surface area contributed by atoms with Crippen molar-refractivity contribution < 1.29 is 9.59 Å². The first-order valence-electron chi connectivity index (χ1n) is 4.58.